The van der Waals surface area contributed by atoms with Crippen LogP contribution in [-0.4, -0.2) is 50.3 Å². The lowest BCUT2D eigenvalue weighted by atomic mass is 10.3. The number of fused-ring (bicyclic) bond motifs is 1. The summed E-state index contributed by atoms with van der Waals surface area (Å²) in [5.74, 6) is -0.852. The molecule has 0 fully saturated rings. The summed E-state index contributed by atoms with van der Waals surface area (Å²) in [6, 6.07) is 7.40. The Hall–Kier alpha value is -3.38. The lowest BCUT2D eigenvalue weighted by Crippen LogP contribution is -2.37. The lowest BCUT2D eigenvalue weighted by molar-refractivity contribution is -0.149. The molecule has 4 atom stereocenters. The monoisotopic (exact) mass is 520 g/mol. The highest BCUT2D eigenvalue weighted by Crippen LogP contribution is 2.45. The van der Waals surface area contributed by atoms with Crippen molar-refractivity contribution in [1.29, 1.82) is 0 Å². The summed E-state index contributed by atoms with van der Waals surface area (Å²) in [5, 5.41) is 2.67. The molecule has 0 bridgehead atoms. The van der Waals surface area contributed by atoms with Crippen LogP contribution in [0.4, 0.5) is 10.2 Å². The summed E-state index contributed by atoms with van der Waals surface area (Å²) in [6.45, 7) is 4.89. The van der Waals surface area contributed by atoms with E-state index in [1.807, 2.05) is 0 Å². The second kappa shape index (κ2) is 10.7. The predicted molar refractivity (Wildman–Crippen MR) is 127 cm³/mol. The second-order valence-corrected chi connectivity index (χ2v) is 10.2. The summed E-state index contributed by atoms with van der Waals surface area (Å²) in [5.41, 5.74) is 6.36. The summed E-state index contributed by atoms with van der Waals surface area (Å²) in [4.78, 5) is 24.3. The number of carbonyl (C=O) groups excluding carboxylic acids is 1. The fourth-order valence-corrected chi connectivity index (χ4v) is 5.05. The molecular formula is C22H26FN6O6P. The first kappa shape index (κ1) is 25.7. The van der Waals surface area contributed by atoms with E-state index in [1.165, 1.54) is 24.1 Å². The van der Waals surface area contributed by atoms with Gasteiger partial charge in [0.2, 0.25) is 0 Å². The highest BCUT2D eigenvalue weighted by atomic mass is 31.2. The molecule has 2 aromatic heterocycles. The van der Waals surface area contributed by atoms with E-state index in [2.05, 4.69) is 20.0 Å². The van der Waals surface area contributed by atoms with Gasteiger partial charge < -0.3 is 24.5 Å². The third-order valence-corrected chi connectivity index (χ3v) is 6.71. The Kier molecular flexibility index (Phi) is 7.65. The van der Waals surface area contributed by atoms with Gasteiger partial charge in [0.25, 0.3) is 0 Å². The smallest absolute Gasteiger partial charge is 0.342 e. The maximum atomic E-state index is 14.8. The maximum Gasteiger partial charge on any atom is 0.342 e. The molecule has 0 saturated carbocycles. The first-order valence-electron chi connectivity index (χ1n) is 11.0. The SMILES string of the molecule is CC(C)OC(=O)[C@H](C)N[P@](=O)(CO[C@@H]1C=C(F)C(n2cnc3c(N)ncnc32)O1)Oc1ccccc1. The van der Waals surface area contributed by atoms with Crippen molar-refractivity contribution in [3.8, 4) is 5.75 Å². The number of imidazole rings is 1. The number of esters is 1. The Morgan fingerprint density at radius 1 is 1.25 bits per heavy atom. The van der Waals surface area contributed by atoms with Crippen LogP contribution >= 0.6 is 7.52 Å². The number of para-hydroxylation sites is 1. The third kappa shape index (κ3) is 5.88. The van der Waals surface area contributed by atoms with Crippen LogP contribution in [0.2, 0.25) is 0 Å². The number of ether oxygens (including phenoxy) is 3. The molecular weight excluding hydrogens is 494 g/mol. The van der Waals surface area contributed by atoms with Crippen LogP contribution in [0.1, 0.15) is 27.0 Å². The van der Waals surface area contributed by atoms with Gasteiger partial charge in [-0.15, -0.1) is 0 Å². The van der Waals surface area contributed by atoms with Crippen LogP contribution in [0, 0.1) is 0 Å². The van der Waals surface area contributed by atoms with Crippen molar-refractivity contribution in [2.75, 3.05) is 12.1 Å². The molecule has 1 aliphatic heterocycles. The number of aromatic nitrogens is 4. The van der Waals surface area contributed by atoms with E-state index >= 15 is 0 Å². The van der Waals surface area contributed by atoms with Crippen molar-refractivity contribution in [2.24, 2.45) is 0 Å². The molecule has 192 valence electrons. The van der Waals surface area contributed by atoms with Gasteiger partial charge in [-0.1, -0.05) is 18.2 Å². The van der Waals surface area contributed by atoms with Gasteiger partial charge in [-0.2, -0.15) is 0 Å². The number of nitrogen functional groups attached to an aromatic ring is 1. The molecule has 4 rings (SSSR count). The summed E-state index contributed by atoms with van der Waals surface area (Å²) in [7, 11) is -3.85. The fourth-order valence-electron chi connectivity index (χ4n) is 3.37. The quantitative estimate of drug-likeness (QED) is 0.299. The molecule has 0 radical (unpaired) electrons. The Bertz CT molecular complexity index is 1300. The lowest BCUT2D eigenvalue weighted by Gasteiger charge is -2.25. The number of carbonyl (C=O) groups is 1. The van der Waals surface area contributed by atoms with Gasteiger partial charge in [0.15, 0.2) is 36.2 Å². The van der Waals surface area contributed by atoms with Crippen LogP contribution in [-0.2, 0) is 23.6 Å². The molecule has 3 heterocycles. The number of nitrogens with zero attached hydrogens (tertiary/aromatic N) is 4. The van der Waals surface area contributed by atoms with Gasteiger partial charge in [0.1, 0.15) is 23.6 Å². The van der Waals surface area contributed by atoms with E-state index in [0.29, 0.717) is 5.52 Å². The van der Waals surface area contributed by atoms with E-state index in [4.69, 9.17) is 24.5 Å². The minimum atomic E-state index is -3.85. The number of halogens is 1. The zero-order chi connectivity index (χ0) is 25.9. The molecule has 3 aromatic rings. The van der Waals surface area contributed by atoms with E-state index in [9.17, 15) is 13.8 Å². The predicted octanol–water partition coefficient (Wildman–Crippen LogP) is 3.29. The number of nitrogens with two attached hydrogens (primary N) is 1. The van der Waals surface area contributed by atoms with E-state index in [1.54, 1.807) is 44.2 Å². The number of benzene rings is 1. The van der Waals surface area contributed by atoms with Crippen LogP contribution in [0.25, 0.3) is 11.2 Å². The van der Waals surface area contributed by atoms with Crippen molar-refractivity contribution >= 4 is 30.5 Å². The van der Waals surface area contributed by atoms with Gasteiger partial charge in [0, 0.05) is 6.08 Å². The van der Waals surface area contributed by atoms with Gasteiger partial charge in [0.05, 0.1) is 12.4 Å². The first-order chi connectivity index (χ1) is 17.1. The largest absolute Gasteiger partial charge is 0.462 e. The normalized spacial score (nSPS) is 20.2. The third-order valence-electron chi connectivity index (χ3n) is 4.93. The number of hydrogen-bond donors (Lipinski definition) is 2. The number of nitrogens with one attached hydrogen (secondary N) is 1. The zero-order valence-corrected chi connectivity index (χ0v) is 20.7. The molecule has 1 unspecified atom stereocenters. The molecule has 0 aliphatic carbocycles. The van der Waals surface area contributed by atoms with Crippen LogP contribution in [0.5, 0.6) is 5.75 Å². The average Bonchev–Trinajstić information content (AvgIpc) is 3.41. The minimum Gasteiger partial charge on any atom is -0.462 e. The van der Waals surface area contributed by atoms with Gasteiger partial charge in [-0.25, -0.2) is 24.4 Å². The summed E-state index contributed by atoms with van der Waals surface area (Å²) >= 11 is 0. The Morgan fingerprint density at radius 3 is 2.72 bits per heavy atom. The average molecular weight is 520 g/mol. The van der Waals surface area contributed by atoms with E-state index in [-0.39, 0.29) is 23.3 Å². The maximum absolute atomic E-state index is 14.8. The molecule has 12 nitrogen and oxygen atoms in total. The van der Waals surface area contributed by atoms with Gasteiger partial charge >= 0.3 is 13.5 Å². The Labute approximate surface area is 206 Å². The zero-order valence-electron chi connectivity index (χ0n) is 19.8. The van der Waals surface area contributed by atoms with Crippen molar-refractivity contribution < 1.29 is 32.5 Å². The first-order valence-corrected chi connectivity index (χ1v) is 12.9. The van der Waals surface area contributed by atoms with E-state index in [0.717, 1.165) is 6.08 Å². The molecule has 0 saturated heterocycles. The molecule has 3 N–H and O–H groups in total. The van der Waals surface area contributed by atoms with E-state index < -0.39 is 44.2 Å². The molecule has 0 amide bonds. The standard InChI is InChI=1S/C22H26FN6O6P/c1-13(2)33-22(30)14(3)28-36(31,35-15-7-5-4-6-8-15)12-32-17-9-16(23)21(34-17)29-11-27-18-19(24)25-10-26-20(18)29/h4-11,13-14,17,21H,12H2,1-3H3,(H,28,31)(H2,24,25,26)/t14-,17-,21?,36-/m0/s1. The van der Waals surface area contributed by atoms with Crippen molar-refractivity contribution in [2.45, 2.75) is 45.4 Å². The number of rotatable bonds is 10. The van der Waals surface area contributed by atoms with Crippen molar-refractivity contribution in [3.63, 3.8) is 0 Å². The minimum absolute atomic E-state index is 0.143. The van der Waals surface area contributed by atoms with Crippen molar-refractivity contribution in [1.82, 2.24) is 24.6 Å². The molecule has 0 spiro atoms. The Morgan fingerprint density at radius 2 is 2.00 bits per heavy atom. The van der Waals surface area contributed by atoms with Crippen LogP contribution in [0.3, 0.4) is 0 Å². The van der Waals surface area contributed by atoms with Crippen molar-refractivity contribution in [3.05, 3.63) is 54.9 Å². The van der Waals surface area contributed by atoms with Crippen LogP contribution in [0.15, 0.2) is 54.9 Å². The number of anilines is 1. The summed E-state index contributed by atoms with van der Waals surface area (Å²) in [6.07, 6.45) is 0.310. The highest BCUT2D eigenvalue weighted by molar-refractivity contribution is 7.57. The topological polar surface area (TPSA) is 153 Å². The van der Waals surface area contributed by atoms with Gasteiger partial charge in [-0.3, -0.25) is 13.9 Å². The van der Waals surface area contributed by atoms with Gasteiger partial charge in [-0.05, 0) is 32.9 Å². The second-order valence-electron chi connectivity index (χ2n) is 8.20. The highest BCUT2D eigenvalue weighted by Gasteiger charge is 2.36. The molecule has 36 heavy (non-hydrogen) atoms. The summed E-state index contributed by atoms with van der Waals surface area (Å²) < 4.78 is 51.9. The number of hydrogen-bond acceptors (Lipinski definition) is 10. The molecule has 14 heteroatoms. The Balaban J connectivity index is 1.47. The fraction of sp³-hybridized carbons (Fsp3) is 0.364. The van der Waals surface area contributed by atoms with Crippen LogP contribution < -0.4 is 15.3 Å². The molecule has 1 aromatic carbocycles. The molecule has 1 aliphatic rings.